The van der Waals surface area contributed by atoms with E-state index in [-0.39, 0.29) is 0 Å². The highest BCUT2D eigenvalue weighted by Crippen LogP contribution is 2.26. The molecule has 0 radical (unpaired) electrons. The van der Waals surface area contributed by atoms with Crippen molar-refractivity contribution in [2.45, 2.75) is 12.5 Å². The molecule has 1 atom stereocenters. The van der Waals surface area contributed by atoms with Gasteiger partial charge in [0.2, 0.25) is 5.95 Å². The number of nitrogens with one attached hydrogen (secondary N) is 1. The lowest BCUT2D eigenvalue weighted by atomic mass is 10.2. The molecule has 1 unspecified atom stereocenters. The Kier molecular flexibility index (Phi) is 3.38. The summed E-state index contributed by atoms with van der Waals surface area (Å²) in [6.07, 6.45) is 1.21. The van der Waals surface area contributed by atoms with Gasteiger partial charge in [-0.15, -0.1) is 0 Å². The van der Waals surface area contributed by atoms with Gasteiger partial charge >= 0.3 is 0 Å². The molecule has 5 nitrogen and oxygen atoms in total. The molecule has 0 aromatic carbocycles. The molecule has 0 saturated carbocycles. The van der Waals surface area contributed by atoms with Crippen LogP contribution >= 0.6 is 11.8 Å². The zero-order valence-corrected chi connectivity index (χ0v) is 10.4. The van der Waals surface area contributed by atoms with E-state index in [1.807, 2.05) is 24.9 Å². The molecular weight excluding hydrogens is 222 g/mol. The molecule has 16 heavy (non-hydrogen) atoms. The Morgan fingerprint density at radius 1 is 1.56 bits per heavy atom. The summed E-state index contributed by atoms with van der Waals surface area (Å²) in [7, 11) is 3.90. The first-order valence-corrected chi connectivity index (χ1v) is 6.49. The lowest BCUT2D eigenvalue weighted by Gasteiger charge is -2.25. The highest BCUT2D eigenvalue weighted by atomic mass is 32.2. The second-order valence-corrected chi connectivity index (χ2v) is 5.00. The molecule has 2 heterocycles. The van der Waals surface area contributed by atoms with Gasteiger partial charge in [0.05, 0.1) is 0 Å². The number of thioether (sulfide) groups is 1. The minimum Gasteiger partial charge on any atom is -0.373 e. The van der Waals surface area contributed by atoms with Crippen LogP contribution in [0.4, 0.5) is 17.6 Å². The van der Waals surface area contributed by atoms with Gasteiger partial charge in [-0.25, -0.2) is 0 Å². The van der Waals surface area contributed by atoms with Crippen LogP contribution in [0.25, 0.3) is 0 Å². The minimum atomic E-state index is 0.319. The minimum absolute atomic E-state index is 0.319. The van der Waals surface area contributed by atoms with Crippen molar-refractivity contribution in [1.29, 1.82) is 0 Å². The average Bonchev–Trinajstić information content (AvgIpc) is 2.80. The first-order chi connectivity index (χ1) is 7.70. The number of hydrogen-bond donors (Lipinski definition) is 2. The maximum Gasteiger partial charge on any atom is 0.223 e. The van der Waals surface area contributed by atoms with Crippen molar-refractivity contribution in [3.05, 3.63) is 6.07 Å². The molecule has 0 spiro atoms. The van der Waals surface area contributed by atoms with E-state index in [4.69, 9.17) is 5.73 Å². The Hall–Kier alpha value is -1.17. The largest absolute Gasteiger partial charge is 0.373 e. The molecule has 1 saturated heterocycles. The quantitative estimate of drug-likeness (QED) is 0.821. The van der Waals surface area contributed by atoms with Crippen molar-refractivity contribution in [3.63, 3.8) is 0 Å². The smallest absolute Gasteiger partial charge is 0.223 e. The van der Waals surface area contributed by atoms with E-state index in [0.29, 0.717) is 12.0 Å². The van der Waals surface area contributed by atoms with E-state index in [2.05, 4.69) is 27.2 Å². The number of nitrogens with zero attached hydrogens (tertiary/aromatic N) is 3. The van der Waals surface area contributed by atoms with Crippen molar-refractivity contribution < 1.29 is 0 Å². The van der Waals surface area contributed by atoms with Gasteiger partial charge in [0, 0.05) is 32.0 Å². The predicted molar refractivity (Wildman–Crippen MR) is 70.1 cm³/mol. The van der Waals surface area contributed by atoms with Gasteiger partial charge in [0.1, 0.15) is 11.6 Å². The van der Waals surface area contributed by atoms with Crippen LogP contribution in [-0.4, -0.2) is 41.6 Å². The summed E-state index contributed by atoms with van der Waals surface area (Å²) in [6.45, 7) is 0. The van der Waals surface area contributed by atoms with Crippen LogP contribution in [0.1, 0.15) is 6.42 Å². The zero-order chi connectivity index (χ0) is 11.5. The lowest BCUT2D eigenvalue weighted by Crippen LogP contribution is -2.32. The summed E-state index contributed by atoms with van der Waals surface area (Å²) in [5.41, 5.74) is 5.68. The fraction of sp³-hybridized carbons (Fsp3) is 0.600. The summed E-state index contributed by atoms with van der Waals surface area (Å²) < 4.78 is 0. The molecule has 6 heteroatoms. The molecule has 1 aliphatic heterocycles. The van der Waals surface area contributed by atoms with Gasteiger partial charge < -0.3 is 16.0 Å². The molecule has 1 fully saturated rings. The number of anilines is 3. The van der Waals surface area contributed by atoms with Crippen LogP contribution in [0.2, 0.25) is 0 Å². The summed E-state index contributed by atoms with van der Waals surface area (Å²) in [6, 6.07) is 2.49. The monoisotopic (exact) mass is 239 g/mol. The number of hydrogen-bond acceptors (Lipinski definition) is 6. The molecule has 0 amide bonds. The number of nitrogen functional groups attached to an aromatic ring is 1. The fourth-order valence-electron chi connectivity index (χ4n) is 1.78. The summed E-state index contributed by atoms with van der Waals surface area (Å²) in [5, 5.41) is 2.99. The Morgan fingerprint density at radius 2 is 2.38 bits per heavy atom. The normalized spacial score (nSPS) is 19.8. The van der Waals surface area contributed by atoms with E-state index in [1.54, 1.807) is 0 Å². The summed E-state index contributed by atoms with van der Waals surface area (Å²) in [5.74, 6) is 4.37. The molecule has 1 aromatic heterocycles. The van der Waals surface area contributed by atoms with E-state index in [1.165, 1.54) is 12.2 Å². The first kappa shape index (κ1) is 11.3. The highest BCUT2D eigenvalue weighted by Gasteiger charge is 2.21. The molecular formula is C10H17N5S. The SMILES string of the molecule is CNc1cc(N(C)C2CCSC2)nc(N)n1. The van der Waals surface area contributed by atoms with Gasteiger partial charge in [0.25, 0.3) is 0 Å². The van der Waals surface area contributed by atoms with Gasteiger partial charge in [-0.3, -0.25) is 0 Å². The van der Waals surface area contributed by atoms with Gasteiger partial charge in [-0.2, -0.15) is 21.7 Å². The number of aromatic nitrogens is 2. The van der Waals surface area contributed by atoms with Crippen LogP contribution in [0.15, 0.2) is 6.07 Å². The molecule has 0 bridgehead atoms. The van der Waals surface area contributed by atoms with E-state index in [0.717, 1.165) is 17.4 Å². The van der Waals surface area contributed by atoms with E-state index in [9.17, 15) is 0 Å². The van der Waals surface area contributed by atoms with Crippen molar-refractivity contribution in [2.24, 2.45) is 0 Å². The average molecular weight is 239 g/mol. The number of nitrogens with two attached hydrogens (primary N) is 1. The van der Waals surface area contributed by atoms with Crippen molar-refractivity contribution >= 4 is 29.3 Å². The Morgan fingerprint density at radius 3 is 3.00 bits per heavy atom. The van der Waals surface area contributed by atoms with Gasteiger partial charge in [-0.1, -0.05) is 0 Å². The second kappa shape index (κ2) is 4.78. The van der Waals surface area contributed by atoms with E-state index >= 15 is 0 Å². The van der Waals surface area contributed by atoms with Crippen LogP contribution in [0.5, 0.6) is 0 Å². The standard InChI is InChI=1S/C10H17N5S/c1-12-8-5-9(14-10(11)13-8)15(2)7-3-4-16-6-7/h5,7H,3-4,6H2,1-2H3,(H3,11,12,13,14). The summed E-state index contributed by atoms with van der Waals surface area (Å²) >= 11 is 1.99. The Balaban J connectivity index is 2.21. The molecule has 2 rings (SSSR count). The maximum absolute atomic E-state index is 5.68. The lowest BCUT2D eigenvalue weighted by molar-refractivity contribution is 0.691. The maximum atomic E-state index is 5.68. The Bertz CT molecular complexity index is 364. The molecule has 3 N–H and O–H groups in total. The van der Waals surface area contributed by atoms with Crippen molar-refractivity contribution in [3.8, 4) is 0 Å². The van der Waals surface area contributed by atoms with Gasteiger partial charge in [0.15, 0.2) is 0 Å². The van der Waals surface area contributed by atoms with Crippen LogP contribution in [0.3, 0.4) is 0 Å². The topological polar surface area (TPSA) is 67.1 Å². The molecule has 88 valence electrons. The first-order valence-electron chi connectivity index (χ1n) is 5.33. The number of rotatable bonds is 3. The van der Waals surface area contributed by atoms with Crippen LogP contribution in [-0.2, 0) is 0 Å². The fourth-order valence-corrected chi connectivity index (χ4v) is 3.04. The third kappa shape index (κ3) is 2.32. The van der Waals surface area contributed by atoms with Crippen LogP contribution < -0.4 is 16.0 Å². The molecule has 1 aliphatic rings. The zero-order valence-electron chi connectivity index (χ0n) is 9.60. The third-order valence-corrected chi connectivity index (χ3v) is 3.95. The third-order valence-electron chi connectivity index (χ3n) is 2.80. The molecule has 0 aliphatic carbocycles. The van der Waals surface area contributed by atoms with Crippen molar-refractivity contribution in [2.75, 3.05) is 41.6 Å². The predicted octanol–water partition coefficient (Wildman–Crippen LogP) is 1.04. The van der Waals surface area contributed by atoms with E-state index < -0.39 is 0 Å². The van der Waals surface area contributed by atoms with Crippen molar-refractivity contribution in [1.82, 2.24) is 9.97 Å². The second-order valence-electron chi connectivity index (χ2n) is 3.85. The Labute approximate surface area is 99.8 Å². The highest BCUT2D eigenvalue weighted by molar-refractivity contribution is 7.99. The van der Waals surface area contributed by atoms with Gasteiger partial charge in [-0.05, 0) is 12.2 Å². The molecule has 1 aromatic rings. The van der Waals surface area contributed by atoms with Crippen LogP contribution in [0, 0.1) is 0 Å². The summed E-state index contributed by atoms with van der Waals surface area (Å²) in [4.78, 5) is 10.5.